The molecule has 1 aromatic heterocycles. The molecule has 0 fully saturated rings. The fraction of sp³-hybridized carbons (Fsp3) is 0.474. The molecule has 0 unspecified atom stereocenters. The highest BCUT2D eigenvalue weighted by Crippen LogP contribution is 2.24. The maximum absolute atomic E-state index is 12.9. The van der Waals surface area contributed by atoms with E-state index < -0.39 is 15.9 Å². The van der Waals surface area contributed by atoms with E-state index >= 15 is 0 Å². The van der Waals surface area contributed by atoms with Crippen molar-refractivity contribution in [3.8, 4) is 0 Å². The van der Waals surface area contributed by atoms with Gasteiger partial charge in [-0.2, -0.15) is 0 Å². The molecule has 8 nitrogen and oxygen atoms in total. The summed E-state index contributed by atoms with van der Waals surface area (Å²) in [5, 5.41) is 0. The van der Waals surface area contributed by atoms with Gasteiger partial charge in [0, 0.05) is 43.5 Å². The normalized spacial score (nSPS) is 11.5. The molecule has 0 bridgehead atoms. The Kier molecular flexibility index (Phi) is 8.81. The van der Waals surface area contributed by atoms with Crippen LogP contribution in [0.2, 0.25) is 0 Å². The summed E-state index contributed by atoms with van der Waals surface area (Å²) in [6, 6.07) is 6.35. The highest BCUT2D eigenvalue weighted by molar-refractivity contribution is 7.92. The summed E-state index contributed by atoms with van der Waals surface area (Å²) >= 11 is 11.7. The molecule has 11 heteroatoms. The molecular weight excluding hydrogens is 449 g/mol. The Labute approximate surface area is 187 Å². The minimum Gasteiger partial charge on any atom is -0.369 e. The van der Waals surface area contributed by atoms with Crippen molar-refractivity contribution in [3.05, 3.63) is 35.8 Å². The number of anilines is 2. The zero-order chi connectivity index (χ0) is 22.3. The number of halogens is 2. The second-order valence-electron chi connectivity index (χ2n) is 6.56. The first-order chi connectivity index (χ1) is 14.3. The molecule has 1 aromatic carbocycles. The van der Waals surface area contributed by atoms with Crippen molar-refractivity contribution in [2.45, 2.75) is 38.1 Å². The van der Waals surface area contributed by atoms with Crippen molar-refractivity contribution in [2.75, 3.05) is 34.5 Å². The molecular formula is C19H27Cl2N5O3S. The Morgan fingerprint density at radius 3 is 2.23 bits per heavy atom. The third-order valence-corrected chi connectivity index (χ3v) is 6.19. The van der Waals surface area contributed by atoms with Gasteiger partial charge in [0.2, 0.25) is 0 Å². The second-order valence-corrected chi connectivity index (χ2v) is 9.00. The zero-order valence-corrected chi connectivity index (χ0v) is 19.4. The van der Waals surface area contributed by atoms with Gasteiger partial charge in [0.1, 0.15) is 5.82 Å². The zero-order valence-electron chi connectivity index (χ0n) is 17.1. The lowest BCUT2D eigenvalue weighted by Gasteiger charge is -2.23. The molecule has 3 N–H and O–H groups in total. The summed E-state index contributed by atoms with van der Waals surface area (Å²) in [6.07, 6.45) is 1.28. The summed E-state index contributed by atoms with van der Waals surface area (Å²) in [5.41, 5.74) is 6.39. The monoisotopic (exact) mass is 475 g/mol. The van der Waals surface area contributed by atoms with Crippen molar-refractivity contribution >= 4 is 50.6 Å². The van der Waals surface area contributed by atoms with Gasteiger partial charge in [0.25, 0.3) is 15.9 Å². The maximum Gasteiger partial charge on any atom is 0.269 e. The molecule has 0 aliphatic rings. The van der Waals surface area contributed by atoms with E-state index in [0.29, 0.717) is 43.6 Å². The highest BCUT2D eigenvalue weighted by atomic mass is 35.5. The second kappa shape index (κ2) is 10.9. The number of nitrogens with two attached hydrogens (primary N) is 1. The number of carbonyl (C=O) groups excluding carboxylic acids is 1. The van der Waals surface area contributed by atoms with Gasteiger partial charge in [-0.3, -0.25) is 9.52 Å². The molecule has 0 aliphatic carbocycles. The van der Waals surface area contributed by atoms with Crippen LogP contribution in [-0.4, -0.2) is 48.7 Å². The fourth-order valence-corrected chi connectivity index (χ4v) is 4.57. The van der Waals surface area contributed by atoms with E-state index in [0.717, 1.165) is 12.1 Å². The average Bonchev–Trinajstić information content (AvgIpc) is 3.04. The lowest BCUT2D eigenvalue weighted by molar-refractivity contribution is 0.0992. The van der Waals surface area contributed by atoms with E-state index in [4.69, 9.17) is 28.9 Å². The molecule has 0 saturated carbocycles. The Bertz CT molecular complexity index is 955. The van der Waals surface area contributed by atoms with E-state index in [-0.39, 0.29) is 16.4 Å². The smallest absolute Gasteiger partial charge is 0.269 e. The number of aromatic nitrogens is 2. The van der Waals surface area contributed by atoms with E-state index in [1.807, 2.05) is 18.7 Å². The summed E-state index contributed by atoms with van der Waals surface area (Å²) in [7, 11) is -3.97. The van der Waals surface area contributed by atoms with Crippen molar-refractivity contribution < 1.29 is 13.2 Å². The van der Waals surface area contributed by atoms with Crippen LogP contribution in [-0.2, 0) is 23.0 Å². The number of hydrogen-bond acceptors (Lipinski definition) is 5. The van der Waals surface area contributed by atoms with Crippen LogP contribution in [0.3, 0.4) is 0 Å². The van der Waals surface area contributed by atoms with Crippen molar-refractivity contribution in [2.24, 2.45) is 5.73 Å². The molecule has 2 rings (SSSR count). The number of rotatable bonds is 12. The van der Waals surface area contributed by atoms with Crippen molar-refractivity contribution in [1.29, 1.82) is 0 Å². The number of amides is 1. The molecule has 0 saturated heterocycles. The number of primary amides is 1. The number of sulfonamides is 1. The Balaban J connectivity index is 2.36. The first-order valence-electron chi connectivity index (χ1n) is 9.67. The lowest BCUT2D eigenvalue weighted by atomic mass is 10.3. The number of nitrogens with one attached hydrogen (secondary N) is 1. The summed E-state index contributed by atoms with van der Waals surface area (Å²) in [5.74, 6) is 0.657. The predicted molar refractivity (Wildman–Crippen MR) is 121 cm³/mol. The van der Waals surface area contributed by atoms with Crippen LogP contribution in [0.4, 0.5) is 11.5 Å². The minimum atomic E-state index is -3.97. The third kappa shape index (κ3) is 5.59. The molecule has 30 heavy (non-hydrogen) atoms. The number of hydrogen-bond donors (Lipinski definition) is 2. The van der Waals surface area contributed by atoms with Crippen LogP contribution in [0, 0.1) is 0 Å². The number of aryl methyl sites for hydroxylation is 1. The molecule has 1 heterocycles. The molecule has 0 spiro atoms. The minimum absolute atomic E-state index is 0.0430. The number of nitrogens with zero attached hydrogens (tertiary/aromatic N) is 3. The van der Waals surface area contributed by atoms with Gasteiger partial charge in [-0.05, 0) is 30.7 Å². The first kappa shape index (κ1) is 24.3. The van der Waals surface area contributed by atoms with Crippen molar-refractivity contribution in [3.63, 3.8) is 0 Å². The SMILES string of the molecule is CCCn1c(CC)nc(NS(=O)(=O)c2ccc(N(CCCl)CCCl)cc2)c1C(N)=O. The molecule has 166 valence electrons. The largest absolute Gasteiger partial charge is 0.369 e. The average molecular weight is 476 g/mol. The highest BCUT2D eigenvalue weighted by Gasteiger charge is 2.25. The van der Waals surface area contributed by atoms with Crippen LogP contribution in [0.15, 0.2) is 29.2 Å². The van der Waals surface area contributed by atoms with E-state index in [9.17, 15) is 13.2 Å². The quantitative estimate of drug-likeness (QED) is 0.458. The Hall–Kier alpha value is -1.97. The van der Waals surface area contributed by atoms with Gasteiger partial charge in [0.15, 0.2) is 11.5 Å². The van der Waals surface area contributed by atoms with Gasteiger partial charge in [0.05, 0.1) is 4.90 Å². The molecule has 2 aromatic rings. The number of benzene rings is 1. The fourth-order valence-electron chi connectivity index (χ4n) is 3.15. The van der Waals surface area contributed by atoms with Gasteiger partial charge in [-0.1, -0.05) is 13.8 Å². The van der Waals surface area contributed by atoms with Crippen LogP contribution in [0.5, 0.6) is 0 Å². The summed E-state index contributed by atoms with van der Waals surface area (Å²) in [4.78, 5) is 18.3. The van der Waals surface area contributed by atoms with E-state index in [1.165, 1.54) is 12.1 Å². The molecule has 0 aliphatic heterocycles. The van der Waals surface area contributed by atoms with E-state index in [1.54, 1.807) is 16.7 Å². The Morgan fingerprint density at radius 1 is 1.17 bits per heavy atom. The summed E-state index contributed by atoms with van der Waals surface area (Å²) < 4.78 is 29.9. The van der Waals surface area contributed by atoms with Crippen LogP contribution >= 0.6 is 23.2 Å². The molecule has 0 atom stereocenters. The van der Waals surface area contributed by atoms with E-state index in [2.05, 4.69) is 9.71 Å². The predicted octanol–water partition coefficient (Wildman–Crippen LogP) is 3.04. The number of alkyl halides is 2. The molecule has 1 amide bonds. The van der Waals surface area contributed by atoms with Crippen LogP contribution in [0.25, 0.3) is 0 Å². The van der Waals surface area contributed by atoms with Crippen LogP contribution in [0.1, 0.15) is 36.6 Å². The van der Waals surface area contributed by atoms with Crippen LogP contribution < -0.4 is 15.4 Å². The Morgan fingerprint density at radius 2 is 1.77 bits per heavy atom. The van der Waals surface area contributed by atoms with Gasteiger partial charge in [-0.15, -0.1) is 23.2 Å². The lowest BCUT2D eigenvalue weighted by Crippen LogP contribution is -2.27. The maximum atomic E-state index is 12.9. The van der Waals surface area contributed by atoms with Gasteiger partial charge < -0.3 is 15.2 Å². The number of carbonyl (C=O) groups is 1. The molecule has 0 radical (unpaired) electrons. The van der Waals surface area contributed by atoms with Gasteiger partial charge in [-0.25, -0.2) is 13.4 Å². The standard InChI is InChI=1S/C19H27Cl2N5O3S/c1-3-11-26-16(4-2)23-19(17(26)18(22)27)24-30(28,29)15-7-5-14(6-8-15)25(12-9-20)13-10-21/h5-8,24H,3-4,9-13H2,1-2H3,(H2,22,27). The van der Waals surface area contributed by atoms with Gasteiger partial charge >= 0.3 is 0 Å². The first-order valence-corrected chi connectivity index (χ1v) is 12.2. The number of imidazole rings is 1. The third-order valence-electron chi connectivity index (χ3n) is 4.50. The van der Waals surface area contributed by atoms with Crippen molar-refractivity contribution in [1.82, 2.24) is 9.55 Å². The summed E-state index contributed by atoms with van der Waals surface area (Å²) in [6.45, 7) is 5.53. The topological polar surface area (TPSA) is 110 Å².